The molecule has 0 radical (unpaired) electrons. The fraction of sp³-hybridized carbons (Fsp3) is 0.381. The van der Waals surface area contributed by atoms with Crippen LogP contribution >= 0.6 is 11.6 Å². The molecule has 0 aliphatic carbocycles. The van der Waals surface area contributed by atoms with Gasteiger partial charge >= 0.3 is 0 Å². The van der Waals surface area contributed by atoms with Gasteiger partial charge in [0.05, 0.1) is 37.2 Å². The van der Waals surface area contributed by atoms with E-state index in [1.807, 2.05) is 25.1 Å². The van der Waals surface area contributed by atoms with Crippen molar-refractivity contribution in [3.05, 3.63) is 53.1 Å². The van der Waals surface area contributed by atoms with E-state index in [9.17, 15) is 13.2 Å². The Morgan fingerprint density at radius 2 is 1.77 bits per heavy atom. The van der Waals surface area contributed by atoms with E-state index < -0.39 is 22.0 Å². The van der Waals surface area contributed by atoms with Crippen LogP contribution in [0.1, 0.15) is 31.9 Å². The van der Waals surface area contributed by atoms with Gasteiger partial charge in [0.1, 0.15) is 17.5 Å². The second kappa shape index (κ2) is 10.0. The second-order valence-electron chi connectivity index (χ2n) is 6.77. The van der Waals surface area contributed by atoms with E-state index in [2.05, 4.69) is 5.32 Å². The lowest BCUT2D eigenvalue weighted by atomic mass is 10.1. The highest BCUT2D eigenvalue weighted by Gasteiger charge is 2.32. The van der Waals surface area contributed by atoms with E-state index in [1.54, 1.807) is 32.2 Å². The van der Waals surface area contributed by atoms with Gasteiger partial charge in [0.2, 0.25) is 15.9 Å². The van der Waals surface area contributed by atoms with Crippen LogP contribution in [0.15, 0.2) is 42.5 Å². The van der Waals surface area contributed by atoms with Crippen LogP contribution in [0.4, 0.5) is 5.69 Å². The van der Waals surface area contributed by atoms with Gasteiger partial charge in [-0.2, -0.15) is 0 Å². The van der Waals surface area contributed by atoms with Crippen LogP contribution in [0.25, 0.3) is 0 Å². The minimum atomic E-state index is -3.78. The van der Waals surface area contributed by atoms with Crippen LogP contribution in [0.2, 0.25) is 5.02 Å². The van der Waals surface area contributed by atoms with Gasteiger partial charge in [-0.1, -0.05) is 36.7 Å². The number of anilines is 1. The van der Waals surface area contributed by atoms with Crippen LogP contribution in [0.3, 0.4) is 0 Å². The van der Waals surface area contributed by atoms with Crippen LogP contribution in [0, 0.1) is 0 Å². The van der Waals surface area contributed by atoms with Crippen LogP contribution < -0.4 is 19.1 Å². The zero-order valence-electron chi connectivity index (χ0n) is 17.7. The van der Waals surface area contributed by atoms with Gasteiger partial charge in [0.15, 0.2) is 0 Å². The lowest BCUT2D eigenvalue weighted by Gasteiger charge is -2.31. The van der Waals surface area contributed by atoms with Crippen molar-refractivity contribution in [2.24, 2.45) is 0 Å². The molecule has 0 saturated heterocycles. The molecule has 2 aromatic rings. The first kappa shape index (κ1) is 23.8. The first-order chi connectivity index (χ1) is 14.1. The molecule has 0 saturated carbocycles. The number of carbonyl (C=O) groups is 1. The number of methoxy groups -OCH3 is 2. The number of para-hydroxylation sites is 1. The van der Waals surface area contributed by atoms with Crippen molar-refractivity contribution in [1.82, 2.24) is 5.32 Å². The van der Waals surface area contributed by atoms with Crippen molar-refractivity contribution in [2.75, 3.05) is 24.8 Å². The molecule has 0 unspecified atom stereocenters. The Bertz CT molecular complexity index is 997. The Labute approximate surface area is 183 Å². The standard InChI is InChI=1S/C21H27ClN2O5S/c1-6-18(21(25)23-14(2)16-9-7-8-10-19(16)28-3)24(30(5,26)27)15-11-12-20(29-4)17(22)13-15/h7-14,18H,6H2,1-5H3,(H,23,25)/t14-,18-/m0/s1. The molecular weight excluding hydrogens is 428 g/mol. The molecule has 0 spiro atoms. The molecule has 1 amide bonds. The molecular formula is C21H27ClN2O5S. The summed E-state index contributed by atoms with van der Waals surface area (Å²) in [7, 11) is -0.750. The number of benzene rings is 2. The van der Waals surface area contributed by atoms with Crippen molar-refractivity contribution in [1.29, 1.82) is 0 Å². The Hall–Kier alpha value is -2.45. The molecule has 2 atom stereocenters. The summed E-state index contributed by atoms with van der Waals surface area (Å²) in [5.41, 5.74) is 1.08. The van der Waals surface area contributed by atoms with Crippen LogP contribution in [-0.4, -0.2) is 40.8 Å². The van der Waals surface area contributed by atoms with Crippen molar-refractivity contribution in [3.8, 4) is 11.5 Å². The molecule has 164 valence electrons. The number of sulfonamides is 1. The number of nitrogens with one attached hydrogen (secondary N) is 1. The number of nitrogens with zero attached hydrogens (tertiary/aromatic N) is 1. The third kappa shape index (κ3) is 5.37. The lowest BCUT2D eigenvalue weighted by molar-refractivity contribution is -0.122. The summed E-state index contributed by atoms with van der Waals surface area (Å²) in [5.74, 6) is 0.629. The molecule has 1 N–H and O–H groups in total. The highest BCUT2D eigenvalue weighted by Crippen LogP contribution is 2.32. The summed E-state index contributed by atoms with van der Waals surface area (Å²) in [6, 6.07) is 10.6. The number of rotatable bonds is 9. The first-order valence-corrected chi connectivity index (χ1v) is 11.6. The zero-order valence-corrected chi connectivity index (χ0v) is 19.3. The highest BCUT2D eigenvalue weighted by molar-refractivity contribution is 7.92. The van der Waals surface area contributed by atoms with Crippen molar-refractivity contribution in [3.63, 3.8) is 0 Å². The maximum absolute atomic E-state index is 13.1. The maximum Gasteiger partial charge on any atom is 0.244 e. The molecule has 9 heteroatoms. The number of hydrogen-bond donors (Lipinski definition) is 1. The predicted molar refractivity (Wildman–Crippen MR) is 119 cm³/mol. The summed E-state index contributed by atoms with van der Waals surface area (Å²) < 4.78 is 36.8. The predicted octanol–water partition coefficient (Wildman–Crippen LogP) is 3.78. The van der Waals surface area contributed by atoms with E-state index >= 15 is 0 Å². The highest BCUT2D eigenvalue weighted by atomic mass is 35.5. The van der Waals surface area contributed by atoms with Gasteiger partial charge in [0.25, 0.3) is 0 Å². The van der Waals surface area contributed by atoms with Crippen molar-refractivity contribution in [2.45, 2.75) is 32.4 Å². The fourth-order valence-electron chi connectivity index (χ4n) is 3.26. The number of hydrogen-bond acceptors (Lipinski definition) is 5. The van der Waals surface area contributed by atoms with E-state index in [0.29, 0.717) is 11.5 Å². The van der Waals surface area contributed by atoms with E-state index in [0.717, 1.165) is 16.1 Å². The van der Waals surface area contributed by atoms with Crippen LogP contribution in [0.5, 0.6) is 11.5 Å². The molecule has 30 heavy (non-hydrogen) atoms. The number of carbonyl (C=O) groups excluding carboxylic acids is 1. The van der Waals surface area contributed by atoms with E-state index in [1.165, 1.54) is 13.2 Å². The maximum atomic E-state index is 13.1. The largest absolute Gasteiger partial charge is 0.496 e. The fourth-order valence-corrected chi connectivity index (χ4v) is 4.72. The zero-order chi connectivity index (χ0) is 22.5. The Morgan fingerprint density at radius 1 is 1.13 bits per heavy atom. The van der Waals surface area contributed by atoms with Crippen molar-refractivity contribution >= 4 is 33.2 Å². The topological polar surface area (TPSA) is 84.9 Å². The van der Waals surface area contributed by atoms with Gasteiger partial charge in [-0.3, -0.25) is 9.10 Å². The van der Waals surface area contributed by atoms with Crippen molar-refractivity contribution < 1.29 is 22.7 Å². The Morgan fingerprint density at radius 3 is 2.30 bits per heavy atom. The minimum absolute atomic E-state index is 0.251. The average Bonchev–Trinajstić information content (AvgIpc) is 2.70. The molecule has 0 heterocycles. The molecule has 0 bridgehead atoms. The number of halogens is 1. The van der Waals surface area contributed by atoms with Gasteiger partial charge < -0.3 is 14.8 Å². The molecule has 0 fully saturated rings. The number of ether oxygens (including phenoxy) is 2. The van der Waals surface area contributed by atoms with Gasteiger partial charge in [-0.25, -0.2) is 8.42 Å². The number of amides is 1. The summed E-state index contributed by atoms with van der Waals surface area (Å²) >= 11 is 6.19. The third-order valence-electron chi connectivity index (χ3n) is 4.68. The summed E-state index contributed by atoms with van der Waals surface area (Å²) in [5, 5.41) is 3.15. The van der Waals surface area contributed by atoms with E-state index in [-0.39, 0.29) is 23.2 Å². The van der Waals surface area contributed by atoms with Crippen LogP contribution in [-0.2, 0) is 14.8 Å². The molecule has 0 aromatic heterocycles. The molecule has 0 aliphatic rings. The normalized spacial score (nSPS) is 13.3. The van der Waals surface area contributed by atoms with Gasteiger partial charge in [-0.15, -0.1) is 0 Å². The smallest absolute Gasteiger partial charge is 0.244 e. The first-order valence-electron chi connectivity index (χ1n) is 9.40. The monoisotopic (exact) mass is 454 g/mol. The third-order valence-corrected chi connectivity index (χ3v) is 6.16. The second-order valence-corrected chi connectivity index (χ2v) is 9.04. The minimum Gasteiger partial charge on any atom is -0.496 e. The summed E-state index contributed by atoms with van der Waals surface area (Å²) in [6.45, 7) is 3.57. The Balaban J connectivity index is 2.37. The molecule has 2 rings (SSSR count). The SMILES string of the molecule is CC[C@@H](C(=O)N[C@@H](C)c1ccccc1OC)N(c1ccc(OC)c(Cl)c1)S(C)(=O)=O. The Kier molecular flexibility index (Phi) is 7.97. The average molecular weight is 455 g/mol. The lowest BCUT2D eigenvalue weighted by Crippen LogP contribution is -2.49. The molecule has 2 aromatic carbocycles. The summed E-state index contributed by atoms with van der Waals surface area (Å²) in [6.07, 6.45) is 1.33. The summed E-state index contributed by atoms with van der Waals surface area (Å²) in [4.78, 5) is 13.1. The molecule has 0 aliphatic heterocycles. The van der Waals surface area contributed by atoms with E-state index in [4.69, 9.17) is 21.1 Å². The quantitative estimate of drug-likeness (QED) is 0.623. The van der Waals surface area contributed by atoms with Gasteiger partial charge in [-0.05, 0) is 37.6 Å². The van der Waals surface area contributed by atoms with Gasteiger partial charge in [0, 0.05) is 5.56 Å². The molecule has 7 nitrogen and oxygen atoms in total.